The van der Waals surface area contributed by atoms with E-state index < -0.39 is 5.97 Å². The van der Waals surface area contributed by atoms with E-state index in [1.165, 1.54) is 5.56 Å². The van der Waals surface area contributed by atoms with Gasteiger partial charge in [-0.1, -0.05) is 54.9 Å². The normalized spacial score (nSPS) is 10.9. The minimum Gasteiger partial charge on any atom is -0.482 e. The number of allylic oxidation sites excluding steroid dienone is 1. The van der Waals surface area contributed by atoms with Crippen LogP contribution >= 0.6 is 11.6 Å². The van der Waals surface area contributed by atoms with Gasteiger partial charge in [-0.2, -0.15) is 5.26 Å². The van der Waals surface area contributed by atoms with Gasteiger partial charge >= 0.3 is 5.97 Å². The van der Waals surface area contributed by atoms with Gasteiger partial charge in [-0.3, -0.25) is 0 Å². The molecule has 4 nitrogen and oxygen atoms in total. The standard InChI is InChI=1S/C25H20ClNO3/c1-2-18-6-10-23(11-7-18)29-17-25(28)30-24-12-8-19(9-13-24)14-21(16-27)20-4-3-5-22(26)15-20/h3-15H,2,17H2,1H3/b21-14-. The van der Waals surface area contributed by atoms with E-state index in [4.69, 9.17) is 21.1 Å². The number of nitrogens with zero attached hydrogens (tertiary/aromatic N) is 1. The largest absolute Gasteiger partial charge is 0.482 e. The van der Waals surface area contributed by atoms with E-state index in [0.717, 1.165) is 17.5 Å². The van der Waals surface area contributed by atoms with Crippen molar-refractivity contribution in [2.24, 2.45) is 0 Å². The lowest BCUT2D eigenvalue weighted by Gasteiger charge is -2.08. The van der Waals surface area contributed by atoms with Gasteiger partial charge in [0.25, 0.3) is 0 Å². The summed E-state index contributed by atoms with van der Waals surface area (Å²) in [5.41, 5.74) is 3.24. The van der Waals surface area contributed by atoms with Crippen LogP contribution in [0.5, 0.6) is 11.5 Å². The predicted octanol–water partition coefficient (Wildman–Crippen LogP) is 5.95. The molecule has 3 aromatic carbocycles. The summed E-state index contributed by atoms with van der Waals surface area (Å²) in [6.07, 6.45) is 2.70. The van der Waals surface area contributed by atoms with Gasteiger partial charge in [0.2, 0.25) is 0 Å². The highest BCUT2D eigenvalue weighted by Gasteiger charge is 2.07. The first-order valence-corrected chi connectivity index (χ1v) is 9.85. The molecule has 0 aliphatic rings. The van der Waals surface area contributed by atoms with Crippen molar-refractivity contribution in [1.29, 1.82) is 5.26 Å². The number of carbonyl (C=O) groups is 1. The number of halogens is 1. The number of nitriles is 1. The van der Waals surface area contributed by atoms with E-state index >= 15 is 0 Å². The second kappa shape index (κ2) is 10.3. The number of carbonyl (C=O) groups excluding carboxylic acids is 1. The van der Waals surface area contributed by atoms with E-state index in [0.29, 0.717) is 22.1 Å². The van der Waals surface area contributed by atoms with Crippen molar-refractivity contribution >= 4 is 29.2 Å². The first kappa shape index (κ1) is 21.2. The van der Waals surface area contributed by atoms with Crippen LogP contribution in [0.4, 0.5) is 0 Å². The molecule has 150 valence electrons. The fourth-order valence-corrected chi connectivity index (χ4v) is 2.95. The molecule has 5 heteroatoms. The Hall–Kier alpha value is -3.55. The molecule has 0 aliphatic carbocycles. The van der Waals surface area contributed by atoms with Gasteiger partial charge in [0.05, 0.1) is 11.6 Å². The number of aryl methyl sites for hydroxylation is 1. The van der Waals surface area contributed by atoms with Crippen LogP contribution in [0.25, 0.3) is 11.6 Å². The highest BCUT2D eigenvalue weighted by Crippen LogP contribution is 2.22. The third kappa shape index (κ3) is 5.97. The van der Waals surface area contributed by atoms with Crippen LogP contribution < -0.4 is 9.47 Å². The molecule has 0 saturated heterocycles. The second-order valence-corrected chi connectivity index (χ2v) is 6.95. The molecule has 0 unspecified atom stereocenters. The summed E-state index contributed by atoms with van der Waals surface area (Å²) >= 11 is 6.00. The summed E-state index contributed by atoms with van der Waals surface area (Å²) in [5.74, 6) is 0.535. The number of hydrogen-bond acceptors (Lipinski definition) is 4. The molecule has 0 N–H and O–H groups in total. The SMILES string of the molecule is CCc1ccc(OCC(=O)Oc2ccc(/C=C(/C#N)c3cccc(Cl)c3)cc2)cc1. The van der Waals surface area contributed by atoms with Gasteiger partial charge in [0, 0.05) is 5.02 Å². The zero-order valence-electron chi connectivity index (χ0n) is 16.5. The number of hydrogen-bond donors (Lipinski definition) is 0. The van der Waals surface area contributed by atoms with Gasteiger partial charge in [0.15, 0.2) is 6.61 Å². The Balaban J connectivity index is 1.59. The molecule has 0 amide bonds. The third-order valence-electron chi connectivity index (χ3n) is 4.37. The van der Waals surface area contributed by atoms with E-state index in [1.807, 2.05) is 30.3 Å². The fourth-order valence-electron chi connectivity index (χ4n) is 2.76. The third-order valence-corrected chi connectivity index (χ3v) is 4.60. The van der Waals surface area contributed by atoms with Crippen LogP contribution in [0.2, 0.25) is 5.02 Å². The van der Waals surface area contributed by atoms with Crippen molar-refractivity contribution in [2.45, 2.75) is 13.3 Å². The summed E-state index contributed by atoms with van der Waals surface area (Å²) in [7, 11) is 0. The first-order chi connectivity index (χ1) is 14.6. The molecule has 0 aromatic heterocycles. The summed E-state index contributed by atoms with van der Waals surface area (Å²) in [6, 6.07) is 23.8. The van der Waals surface area contributed by atoms with Gasteiger partial charge in [0.1, 0.15) is 11.5 Å². The molecule has 0 radical (unpaired) electrons. The Bertz CT molecular complexity index is 1080. The summed E-state index contributed by atoms with van der Waals surface area (Å²) in [6.45, 7) is 1.90. The van der Waals surface area contributed by atoms with Crippen molar-refractivity contribution in [3.8, 4) is 17.6 Å². The van der Waals surface area contributed by atoms with Crippen LogP contribution in [-0.4, -0.2) is 12.6 Å². The van der Waals surface area contributed by atoms with Crippen LogP contribution in [0.3, 0.4) is 0 Å². The molecular weight excluding hydrogens is 398 g/mol. The summed E-state index contributed by atoms with van der Waals surface area (Å²) < 4.78 is 10.8. The quantitative estimate of drug-likeness (QED) is 0.206. The van der Waals surface area contributed by atoms with Crippen LogP contribution in [0, 0.1) is 11.3 Å². The Labute approximate surface area is 180 Å². The Kier molecular flexibility index (Phi) is 7.26. The van der Waals surface area contributed by atoms with Crippen LogP contribution in [0.15, 0.2) is 72.8 Å². The van der Waals surface area contributed by atoms with Gasteiger partial charge in [-0.25, -0.2) is 4.79 Å². The molecular formula is C25H20ClNO3. The van der Waals surface area contributed by atoms with Gasteiger partial charge < -0.3 is 9.47 Å². The Morgan fingerprint density at radius 2 is 1.73 bits per heavy atom. The fraction of sp³-hybridized carbons (Fsp3) is 0.120. The monoisotopic (exact) mass is 417 g/mol. The number of esters is 1. The van der Waals surface area contributed by atoms with Crippen LogP contribution in [-0.2, 0) is 11.2 Å². The predicted molar refractivity (Wildman–Crippen MR) is 118 cm³/mol. The van der Waals surface area contributed by atoms with Crippen molar-refractivity contribution in [2.75, 3.05) is 6.61 Å². The molecule has 0 fully saturated rings. The molecule has 3 aromatic rings. The summed E-state index contributed by atoms with van der Waals surface area (Å²) in [4.78, 5) is 12.0. The highest BCUT2D eigenvalue weighted by atomic mass is 35.5. The smallest absolute Gasteiger partial charge is 0.349 e. The molecule has 0 spiro atoms. The second-order valence-electron chi connectivity index (χ2n) is 6.51. The minimum atomic E-state index is -0.491. The average molecular weight is 418 g/mol. The van der Waals surface area contributed by atoms with E-state index in [1.54, 1.807) is 48.5 Å². The number of rotatable bonds is 7. The van der Waals surface area contributed by atoms with E-state index in [-0.39, 0.29) is 6.61 Å². The molecule has 0 atom stereocenters. The Morgan fingerprint density at radius 1 is 1.03 bits per heavy atom. The lowest BCUT2D eigenvalue weighted by atomic mass is 10.0. The minimum absolute atomic E-state index is 0.180. The maximum absolute atomic E-state index is 12.0. The lowest BCUT2D eigenvalue weighted by Crippen LogP contribution is -2.17. The molecule has 0 heterocycles. The van der Waals surface area contributed by atoms with Gasteiger partial charge in [-0.15, -0.1) is 0 Å². The maximum Gasteiger partial charge on any atom is 0.349 e. The van der Waals surface area contributed by atoms with Crippen molar-refractivity contribution in [3.63, 3.8) is 0 Å². The van der Waals surface area contributed by atoms with E-state index in [2.05, 4.69) is 13.0 Å². The maximum atomic E-state index is 12.0. The summed E-state index contributed by atoms with van der Waals surface area (Å²) in [5, 5.41) is 10.0. The average Bonchev–Trinajstić information content (AvgIpc) is 2.77. The van der Waals surface area contributed by atoms with Crippen LogP contribution in [0.1, 0.15) is 23.6 Å². The van der Waals surface area contributed by atoms with Crippen molar-refractivity contribution < 1.29 is 14.3 Å². The zero-order valence-corrected chi connectivity index (χ0v) is 17.2. The highest BCUT2D eigenvalue weighted by molar-refractivity contribution is 6.30. The molecule has 0 aliphatic heterocycles. The van der Waals surface area contributed by atoms with Gasteiger partial charge in [-0.05, 0) is 65.6 Å². The molecule has 3 rings (SSSR count). The number of ether oxygens (including phenoxy) is 2. The zero-order chi connectivity index (χ0) is 21.3. The van der Waals surface area contributed by atoms with Crippen molar-refractivity contribution in [1.82, 2.24) is 0 Å². The van der Waals surface area contributed by atoms with E-state index in [9.17, 15) is 10.1 Å². The topological polar surface area (TPSA) is 59.3 Å². The number of benzene rings is 3. The molecule has 30 heavy (non-hydrogen) atoms. The van der Waals surface area contributed by atoms with Crippen molar-refractivity contribution in [3.05, 3.63) is 94.5 Å². The Morgan fingerprint density at radius 3 is 2.37 bits per heavy atom. The molecule has 0 saturated carbocycles. The lowest BCUT2D eigenvalue weighted by molar-refractivity contribution is -0.136. The first-order valence-electron chi connectivity index (χ1n) is 9.47. The molecule has 0 bridgehead atoms.